The summed E-state index contributed by atoms with van der Waals surface area (Å²) in [5.41, 5.74) is 4.90. The van der Waals surface area contributed by atoms with Gasteiger partial charge in [0.15, 0.2) is 0 Å². The molecule has 0 unspecified atom stereocenters. The van der Waals surface area contributed by atoms with E-state index in [1.54, 1.807) is 0 Å². The van der Waals surface area contributed by atoms with E-state index < -0.39 is 0 Å². The highest BCUT2D eigenvalue weighted by atomic mass is 14.9. The molecule has 1 aromatic heterocycles. The van der Waals surface area contributed by atoms with Crippen molar-refractivity contribution in [3.63, 3.8) is 0 Å². The Morgan fingerprint density at radius 1 is 1.11 bits per heavy atom. The molecule has 2 nitrogen and oxygen atoms in total. The lowest BCUT2D eigenvalue weighted by molar-refractivity contribution is 0.567. The van der Waals surface area contributed by atoms with Crippen molar-refractivity contribution in [2.75, 3.05) is 0 Å². The third-order valence-electron chi connectivity index (χ3n) is 3.10. The quantitative estimate of drug-likeness (QED) is 0.884. The summed E-state index contributed by atoms with van der Waals surface area (Å²) in [6.07, 6.45) is 1.91. The van der Waals surface area contributed by atoms with Gasteiger partial charge in [0.2, 0.25) is 0 Å². The number of nitrogens with zero attached hydrogens (tertiary/aromatic N) is 1. The molecule has 1 aromatic carbocycles. The average Bonchev–Trinajstić information content (AvgIpc) is 2.38. The van der Waals surface area contributed by atoms with Gasteiger partial charge >= 0.3 is 0 Å². The maximum absolute atomic E-state index is 4.40. The zero-order valence-electron chi connectivity index (χ0n) is 11.3. The Morgan fingerprint density at radius 3 is 2.61 bits per heavy atom. The molecule has 0 spiro atoms. The van der Waals surface area contributed by atoms with E-state index in [0.717, 1.165) is 12.2 Å². The van der Waals surface area contributed by atoms with Crippen molar-refractivity contribution in [1.82, 2.24) is 10.3 Å². The van der Waals surface area contributed by atoms with Gasteiger partial charge in [-0.3, -0.25) is 4.98 Å². The summed E-state index contributed by atoms with van der Waals surface area (Å²) < 4.78 is 0. The van der Waals surface area contributed by atoms with E-state index in [1.807, 2.05) is 6.20 Å². The van der Waals surface area contributed by atoms with Crippen LogP contribution >= 0.6 is 0 Å². The molecule has 0 aliphatic carbocycles. The number of hydrogen-bond acceptors (Lipinski definition) is 2. The van der Waals surface area contributed by atoms with E-state index in [9.17, 15) is 0 Å². The van der Waals surface area contributed by atoms with Gasteiger partial charge < -0.3 is 5.32 Å². The second-order valence-electron chi connectivity index (χ2n) is 4.84. The van der Waals surface area contributed by atoms with E-state index in [1.165, 1.54) is 16.7 Å². The predicted molar refractivity (Wildman–Crippen MR) is 75.4 cm³/mol. The zero-order valence-corrected chi connectivity index (χ0v) is 11.3. The van der Waals surface area contributed by atoms with Crippen LogP contribution in [0.5, 0.6) is 0 Å². The van der Waals surface area contributed by atoms with Crippen molar-refractivity contribution in [1.29, 1.82) is 0 Å². The third-order valence-corrected chi connectivity index (χ3v) is 3.10. The van der Waals surface area contributed by atoms with Crippen LogP contribution in [-0.4, -0.2) is 4.98 Å². The molecule has 0 aliphatic rings. The van der Waals surface area contributed by atoms with Gasteiger partial charge in [-0.2, -0.15) is 0 Å². The normalized spacial score (nSPS) is 12.4. The molecule has 2 rings (SSSR count). The lowest BCUT2D eigenvalue weighted by atomic mass is 10.1. The number of benzene rings is 1. The molecular formula is C16H20N2. The molecule has 0 saturated carbocycles. The van der Waals surface area contributed by atoms with Gasteiger partial charge in [-0.05, 0) is 38.0 Å². The first-order chi connectivity index (χ1) is 8.65. The highest BCUT2D eigenvalue weighted by molar-refractivity contribution is 5.24. The topological polar surface area (TPSA) is 24.9 Å². The Hall–Kier alpha value is -1.67. The summed E-state index contributed by atoms with van der Waals surface area (Å²) in [6.45, 7) is 7.16. The number of aryl methyl sites for hydroxylation is 2. The Labute approximate surface area is 109 Å². The minimum absolute atomic E-state index is 0.341. The molecule has 1 atom stereocenters. The number of hydrogen-bond donors (Lipinski definition) is 1. The van der Waals surface area contributed by atoms with E-state index in [-0.39, 0.29) is 0 Å². The first kappa shape index (κ1) is 12.8. The van der Waals surface area contributed by atoms with Crippen molar-refractivity contribution >= 4 is 0 Å². The number of pyridine rings is 1. The minimum Gasteiger partial charge on any atom is -0.305 e. The first-order valence-corrected chi connectivity index (χ1v) is 6.36. The molecule has 0 bridgehead atoms. The van der Waals surface area contributed by atoms with E-state index in [4.69, 9.17) is 0 Å². The van der Waals surface area contributed by atoms with Crippen molar-refractivity contribution in [2.24, 2.45) is 0 Å². The van der Waals surface area contributed by atoms with Gasteiger partial charge in [0.25, 0.3) is 0 Å². The summed E-state index contributed by atoms with van der Waals surface area (Å²) in [5.74, 6) is 0. The van der Waals surface area contributed by atoms with Gasteiger partial charge in [0.05, 0.1) is 5.69 Å². The van der Waals surface area contributed by atoms with Crippen LogP contribution in [0.4, 0.5) is 0 Å². The zero-order chi connectivity index (χ0) is 13.0. The van der Waals surface area contributed by atoms with Crippen LogP contribution in [0.2, 0.25) is 0 Å². The molecule has 18 heavy (non-hydrogen) atoms. The van der Waals surface area contributed by atoms with E-state index in [0.29, 0.717) is 6.04 Å². The Balaban J connectivity index is 1.96. The van der Waals surface area contributed by atoms with Crippen molar-refractivity contribution in [3.8, 4) is 0 Å². The lowest BCUT2D eigenvalue weighted by Gasteiger charge is -2.14. The largest absolute Gasteiger partial charge is 0.305 e. The Morgan fingerprint density at radius 2 is 1.94 bits per heavy atom. The standard InChI is InChI=1S/C16H20N2/c1-12-5-4-6-15(9-12)14(3)17-11-16-8-7-13(2)10-18-16/h4-10,14,17H,11H2,1-3H3/t14-/m1/s1. The van der Waals surface area contributed by atoms with Crippen LogP contribution in [0.1, 0.15) is 35.3 Å². The van der Waals surface area contributed by atoms with Gasteiger partial charge in [-0.1, -0.05) is 35.9 Å². The summed E-state index contributed by atoms with van der Waals surface area (Å²) in [6, 6.07) is 13.1. The Kier molecular flexibility index (Phi) is 4.11. The third kappa shape index (κ3) is 3.41. The average molecular weight is 240 g/mol. The van der Waals surface area contributed by atoms with Gasteiger partial charge in [-0.25, -0.2) is 0 Å². The van der Waals surface area contributed by atoms with E-state index in [2.05, 4.69) is 67.5 Å². The highest BCUT2D eigenvalue weighted by Crippen LogP contribution is 2.14. The van der Waals surface area contributed by atoms with E-state index >= 15 is 0 Å². The number of rotatable bonds is 4. The summed E-state index contributed by atoms with van der Waals surface area (Å²) in [7, 11) is 0. The molecule has 0 radical (unpaired) electrons. The van der Waals surface area contributed by atoms with Crippen LogP contribution in [-0.2, 0) is 6.54 Å². The molecular weight excluding hydrogens is 220 g/mol. The van der Waals surface area contributed by atoms with Crippen LogP contribution in [0.25, 0.3) is 0 Å². The highest BCUT2D eigenvalue weighted by Gasteiger charge is 2.05. The number of nitrogens with one attached hydrogen (secondary N) is 1. The smallest absolute Gasteiger partial charge is 0.0542 e. The van der Waals surface area contributed by atoms with Crippen LogP contribution in [0.15, 0.2) is 42.6 Å². The van der Waals surface area contributed by atoms with Crippen LogP contribution in [0, 0.1) is 13.8 Å². The molecule has 2 aromatic rings. The summed E-state index contributed by atoms with van der Waals surface area (Å²) in [4.78, 5) is 4.40. The molecule has 0 aliphatic heterocycles. The molecule has 0 amide bonds. The fraction of sp³-hybridized carbons (Fsp3) is 0.312. The summed E-state index contributed by atoms with van der Waals surface area (Å²) in [5, 5.41) is 3.50. The predicted octanol–water partition coefficient (Wildman–Crippen LogP) is 3.55. The van der Waals surface area contributed by atoms with Gasteiger partial charge in [-0.15, -0.1) is 0 Å². The van der Waals surface area contributed by atoms with Crippen molar-refractivity contribution in [3.05, 3.63) is 65.0 Å². The molecule has 1 N–H and O–H groups in total. The molecule has 0 saturated heterocycles. The number of aromatic nitrogens is 1. The SMILES string of the molecule is Cc1ccc(CN[C@H](C)c2cccc(C)c2)nc1. The van der Waals surface area contributed by atoms with Crippen LogP contribution in [0.3, 0.4) is 0 Å². The minimum atomic E-state index is 0.341. The van der Waals surface area contributed by atoms with Crippen molar-refractivity contribution < 1.29 is 0 Å². The fourth-order valence-corrected chi connectivity index (χ4v) is 1.92. The fourth-order valence-electron chi connectivity index (χ4n) is 1.92. The Bertz CT molecular complexity index is 503. The molecule has 0 fully saturated rings. The lowest BCUT2D eigenvalue weighted by Crippen LogP contribution is -2.18. The maximum Gasteiger partial charge on any atom is 0.0542 e. The molecule has 1 heterocycles. The van der Waals surface area contributed by atoms with Crippen LogP contribution < -0.4 is 5.32 Å². The maximum atomic E-state index is 4.40. The monoisotopic (exact) mass is 240 g/mol. The second kappa shape index (κ2) is 5.78. The first-order valence-electron chi connectivity index (χ1n) is 6.36. The molecule has 94 valence electrons. The van der Waals surface area contributed by atoms with Gasteiger partial charge in [0, 0.05) is 18.8 Å². The second-order valence-corrected chi connectivity index (χ2v) is 4.84. The van der Waals surface area contributed by atoms with Crippen molar-refractivity contribution in [2.45, 2.75) is 33.4 Å². The summed E-state index contributed by atoms with van der Waals surface area (Å²) >= 11 is 0. The van der Waals surface area contributed by atoms with Gasteiger partial charge in [0.1, 0.15) is 0 Å². The molecule has 2 heteroatoms.